The summed E-state index contributed by atoms with van der Waals surface area (Å²) in [5.74, 6) is -12.5. The molecule has 0 fully saturated rings. The summed E-state index contributed by atoms with van der Waals surface area (Å²) in [6.07, 6.45) is -5.16. The molecule has 0 atom stereocenters. The van der Waals surface area contributed by atoms with E-state index in [-0.39, 0.29) is 12.6 Å². The average molecular weight is 335 g/mol. The Morgan fingerprint density at radius 3 is 2.00 bits per heavy atom. The summed E-state index contributed by atoms with van der Waals surface area (Å²) < 4.78 is 104. The molecule has 1 rings (SSSR count). The van der Waals surface area contributed by atoms with Gasteiger partial charge in [0.2, 0.25) is 0 Å². The molecule has 0 aliphatic heterocycles. The fourth-order valence-electron chi connectivity index (χ4n) is 1.80. The average Bonchev–Trinajstić information content (AvgIpc) is 2.38. The Morgan fingerprint density at radius 2 is 1.55 bits per heavy atom. The maximum absolute atomic E-state index is 14.0. The second-order valence-corrected chi connectivity index (χ2v) is 4.73. The standard InChI is InChI=1S/C13H13F8N/c1-3-4-5-22(2)8-6-7(14)10(15)9(11(8)16)12(17,18)13(19,20)21/h6H,3-5H2,1-2H3. The van der Waals surface area contributed by atoms with Crippen LogP contribution in [0.3, 0.4) is 0 Å². The van der Waals surface area contributed by atoms with Gasteiger partial charge in [-0.1, -0.05) is 13.3 Å². The molecule has 0 aliphatic rings. The first kappa shape index (κ1) is 18.5. The number of hydrogen-bond donors (Lipinski definition) is 0. The molecule has 0 saturated carbocycles. The first-order chi connectivity index (χ1) is 9.95. The van der Waals surface area contributed by atoms with Gasteiger partial charge < -0.3 is 4.90 Å². The molecule has 22 heavy (non-hydrogen) atoms. The van der Waals surface area contributed by atoms with E-state index in [2.05, 4.69) is 0 Å². The zero-order chi connectivity index (χ0) is 17.3. The number of rotatable bonds is 5. The molecule has 0 saturated heterocycles. The Labute approximate surface area is 121 Å². The van der Waals surface area contributed by atoms with E-state index in [1.807, 2.05) is 0 Å². The summed E-state index contributed by atoms with van der Waals surface area (Å²) in [6.45, 7) is 1.84. The van der Waals surface area contributed by atoms with Gasteiger partial charge in [-0.25, -0.2) is 13.2 Å². The van der Waals surface area contributed by atoms with Crippen molar-refractivity contribution in [2.24, 2.45) is 0 Å². The number of anilines is 1. The molecular weight excluding hydrogens is 322 g/mol. The number of alkyl halides is 5. The lowest BCUT2D eigenvalue weighted by atomic mass is 10.0. The molecule has 1 nitrogen and oxygen atoms in total. The van der Waals surface area contributed by atoms with Gasteiger partial charge in [-0.2, -0.15) is 22.0 Å². The Kier molecular flexibility index (Phi) is 5.30. The first-order valence-electron chi connectivity index (χ1n) is 6.28. The van der Waals surface area contributed by atoms with Crippen molar-refractivity contribution in [3.8, 4) is 0 Å². The molecule has 0 N–H and O–H groups in total. The highest BCUT2D eigenvalue weighted by atomic mass is 19.4. The van der Waals surface area contributed by atoms with Gasteiger partial charge in [-0.15, -0.1) is 0 Å². The molecule has 0 amide bonds. The highest BCUT2D eigenvalue weighted by Crippen LogP contribution is 2.47. The number of nitrogens with zero attached hydrogens (tertiary/aromatic N) is 1. The summed E-state index contributed by atoms with van der Waals surface area (Å²) in [4.78, 5) is 0.956. The molecule has 1 aromatic carbocycles. The van der Waals surface area contributed by atoms with Gasteiger partial charge in [-0.05, 0) is 6.42 Å². The highest BCUT2D eigenvalue weighted by molar-refractivity contribution is 5.52. The van der Waals surface area contributed by atoms with Gasteiger partial charge in [-0.3, -0.25) is 0 Å². The van der Waals surface area contributed by atoms with Crippen molar-refractivity contribution < 1.29 is 35.1 Å². The summed E-state index contributed by atoms with van der Waals surface area (Å²) in [5.41, 5.74) is -3.48. The fraction of sp³-hybridized carbons (Fsp3) is 0.538. The summed E-state index contributed by atoms with van der Waals surface area (Å²) in [7, 11) is 1.18. The highest BCUT2D eigenvalue weighted by Gasteiger charge is 2.62. The van der Waals surface area contributed by atoms with Crippen molar-refractivity contribution in [3.05, 3.63) is 29.1 Å². The van der Waals surface area contributed by atoms with Crippen LogP contribution in [0.4, 0.5) is 40.8 Å². The smallest absolute Gasteiger partial charge is 0.372 e. The largest absolute Gasteiger partial charge is 0.458 e. The van der Waals surface area contributed by atoms with Crippen molar-refractivity contribution in [2.45, 2.75) is 31.9 Å². The van der Waals surface area contributed by atoms with Crippen LogP contribution in [-0.2, 0) is 5.92 Å². The molecule has 9 heteroatoms. The van der Waals surface area contributed by atoms with Crippen LogP contribution in [0.5, 0.6) is 0 Å². The van der Waals surface area contributed by atoms with E-state index in [9.17, 15) is 35.1 Å². The molecule has 0 spiro atoms. The van der Waals surface area contributed by atoms with E-state index in [0.717, 1.165) is 4.90 Å². The van der Waals surface area contributed by atoms with Gasteiger partial charge in [0.05, 0.1) is 5.69 Å². The van der Waals surface area contributed by atoms with Gasteiger partial charge in [0.1, 0.15) is 5.56 Å². The molecule has 126 valence electrons. The van der Waals surface area contributed by atoms with Crippen LogP contribution >= 0.6 is 0 Å². The van der Waals surface area contributed by atoms with Crippen molar-refractivity contribution in [2.75, 3.05) is 18.5 Å². The van der Waals surface area contributed by atoms with E-state index < -0.39 is 40.8 Å². The minimum Gasteiger partial charge on any atom is -0.372 e. The van der Waals surface area contributed by atoms with Crippen LogP contribution in [0.25, 0.3) is 0 Å². The lowest BCUT2D eigenvalue weighted by Gasteiger charge is -2.25. The summed E-state index contributed by atoms with van der Waals surface area (Å²) in [5, 5.41) is 0. The Morgan fingerprint density at radius 1 is 1.00 bits per heavy atom. The lowest BCUT2D eigenvalue weighted by molar-refractivity contribution is -0.291. The first-order valence-corrected chi connectivity index (χ1v) is 6.28. The molecule has 1 aromatic rings. The monoisotopic (exact) mass is 335 g/mol. The maximum atomic E-state index is 14.0. The minimum absolute atomic E-state index is 0.0789. The van der Waals surface area contributed by atoms with Crippen molar-refractivity contribution in [1.29, 1.82) is 0 Å². The normalized spacial score (nSPS) is 12.6. The van der Waals surface area contributed by atoms with Crippen LogP contribution in [0.15, 0.2) is 6.07 Å². The number of benzene rings is 1. The van der Waals surface area contributed by atoms with Crippen LogP contribution in [0.1, 0.15) is 25.3 Å². The van der Waals surface area contributed by atoms with Crippen molar-refractivity contribution >= 4 is 5.69 Å². The molecule has 0 bridgehead atoms. The molecule has 0 radical (unpaired) electrons. The van der Waals surface area contributed by atoms with Gasteiger partial charge in [0, 0.05) is 19.7 Å². The van der Waals surface area contributed by atoms with Gasteiger partial charge >= 0.3 is 12.1 Å². The van der Waals surface area contributed by atoms with E-state index >= 15 is 0 Å². The second-order valence-electron chi connectivity index (χ2n) is 4.73. The van der Waals surface area contributed by atoms with Crippen molar-refractivity contribution in [3.63, 3.8) is 0 Å². The Balaban J connectivity index is 3.50. The minimum atomic E-state index is -6.25. The third kappa shape index (κ3) is 3.27. The summed E-state index contributed by atoms with van der Waals surface area (Å²) in [6, 6.07) is 0.260. The van der Waals surface area contributed by atoms with E-state index in [1.54, 1.807) is 6.92 Å². The van der Waals surface area contributed by atoms with Gasteiger partial charge in [0.15, 0.2) is 17.5 Å². The van der Waals surface area contributed by atoms with Crippen LogP contribution in [0, 0.1) is 17.5 Å². The topological polar surface area (TPSA) is 3.24 Å². The quantitative estimate of drug-likeness (QED) is 0.541. The van der Waals surface area contributed by atoms with Crippen LogP contribution < -0.4 is 4.90 Å². The maximum Gasteiger partial charge on any atom is 0.458 e. The molecule has 0 unspecified atom stereocenters. The predicted molar refractivity (Wildman–Crippen MR) is 64.4 cm³/mol. The Bertz CT molecular complexity index is 538. The van der Waals surface area contributed by atoms with E-state index in [4.69, 9.17) is 0 Å². The van der Waals surface area contributed by atoms with Gasteiger partial charge in [0.25, 0.3) is 0 Å². The predicted octanol–water partition coefficient (Wildman–Crippen LogP) is 4.99. The zero-order valence-corrected chi connectivity index (χ0v) is 11.7. The van der Waals surface area contributed by atoms with E-state index in [0.29, 0.717) is 12.8 Å². The Hall–Kier alpha value is -1.54. The third-order valence-corrected chi connectivity index (χ3v) is 3.07. The second kappa shape index (κ2) is 6.29. The number of hydrogen-bond acceptors (Lipinski definition) is 1. The molecule has 0 aromatic heterocycles. The third-order valence-electron chi connectivity index (χ3n) is 3.07. The van der Waals surface area contributed by atoms with Crippen molar-refractivity contribution in [1.82, 2.24) is 0 Å². The van der Waals surface area contributed by atoms with E-state index in [1.165, 1.54) is 7.05 Å². The lowest BCUT2D eigenvalue weighted by Crippen LogP contribution is -2.36. The number of halogens is 8. The summed E-state index contributed by atoms with van der Waals surface area (Å²) >= 11 is 0. The molecular formula is C13H13F8N. The molecule has 0 heterocycles. The SMILES string of the molecule is CCCCN(C)c1cc(F)c(F)c(C(F)(F)C(F)(F)F)c1F. The molecule has 0 aliphatic carbocycles. The van der Waals surface area contributed by atoms with Crippen LogP contribution in [-0.4, -0.2) is 19.8 Å². The fourth-order valence-corrected chi connectivity index (χ4v) is 1.80. The van der Waals surface area contributed by atoms with Crippen LogP contribution in [0.2, 0.25) is 0 Å². The number of unbranched alkanes of at least 4 members (excludes halogenated alkanes) is 1. The zero-order valence-electron chi connectivity index (χ0n) is 11.7.